The number of Topliss-reactive ketones (excluding diaryl/α,β-unsaturated/α-hetero) is 1. The first-order valence-corrected chi connectivity index (χ1v) is 15.3. The van der Waals surface area contributed by atoms with Crippen molar-refractivity contribution in [2.45, 2.75) is 115 Å². The number of amides is 5. The van der Waals surface area contributed by atoms with E-state index in [1.54, 1.807) is 12.4 Å². The summed E-state index contributed by atoms with van der Waals surface area (Å²) in [6.07, 6.45) is 12.3. The summed E-state index contributed by atoms with van der Waals surface area (Å²) in [6.45, 7) is 6.00. The number of urea groups is 1. The topological polar surface area (TPSA) is 164 Å². The molecule has 0 spiro atoms. The quantitative estimate of drug-likeness (QED) is 0.293. The average molecular weight is 583 g/mol. The van der Waals surface area contributed by atoms with Crippen molar-refractivity contribution in [3.63, 3.8) is 0 Å². The van der Waals surface area contributed by atoms with Crippen molar-refractivity contribution in [3.05, 3.63) is 30.1 Å². The molecule has 3 atom stereocenters. The summed E-state index contributed by atoms with van der Waals surface area (Å²) in [6, 6.07) is 0.836. The Hall–Kier alpha value is -3.50. The van der Waals surface area contributed by atoms with Gasteiger partial charge in [-0.15, -0.1) is 0 Å². The number of ketones is 1. The van der Waals surface area contributed by atoms with E-state index in [0.717, 1.165) is 50.5 Å². The molecular weight excluding hydrogens is 536 g/mol. The lowest BCUT2D eigenvalue weighted by Crippen LogP contribution is -2.62. The molecule has 11 nitrogen and oxygen atoms in total. The molecule has 1 saturated heterocycles. The number of nitrogens with two attached hydrogens (primary N) is 1. The number of carbonyl (C=O) groups is 5. The summed E-state index contributed by atoms with van der Waals surface area (Å²) in [5, 5.41) is 8.90. The van der Waals surface area contributed by atoms with E-state index in [1.807, 2.05) is 32.9 Å². The first-order valence-electron chi connectivity index (χ1n) is 15.3. The highest BCUT2D eigenvalue weighted by molar-refractivity contribution is 6.37. The van der Waals surface area contributed by atoms with Crippen LogP contribution in [0.25, 0.3) is 0 Å². The van der Waals surface area contributed by atoms with Gasteiger partial charge in [-0.2, -0.15) is 0 Å². The van der Waals surface area contributed by atoms with Crippen LogP contribution in [0, 0.1) is 11.3 Å². The summed E-state index contributed by atoms with van der Waals surface area (Å²) in [5.41, 5.74) is 5.27. The van der Waals surface area contributed by atoms with Crippen molar-refractivity contribution in [3.8, 4) is 0 Å². The number of pyridine rings is 1. The lowest BCUT2D eigenvalue weighted by Gasteiger charge is -2.40. The molecule has 42 heavy (non-hydrogen) atoms. The van der Waals surface area contributed by atoms with Crippen LogP contribution in [-0.4, -0.2) is 69.6 Å². The molecular formula is C31H46N6O5. The van der Waals surface area contributed by atoms with Crippen molar-refractivity contribution in [2.24, 2.45) is 17.1 Å². The first kappa shape index (κ1) is 31.4. The third kappa shape index (κ3) is 8.07. The van der Waals surface area contributed by atoms with Gasteiger partial charge < -0.3 is 26.6 Å². The number of hydrogen-bond acceptors (Lipinski definition) is 6. The number of primary amides is 1. The monoisotopic (exact) mass is 582 g/mol. The summed E-state index contributed by atoms with van der Waals surface area (Å²) in [5.74, 6) is -2.44. The molecule has 2 saturated carbocycles. The van der Waals surface area contributed by atoms with E-state index in [0.29, 0.717) is 32.2 Å². The van der Waals surface area contributed by atoms with Gasteiger partial charge in [-0.25, -0.2) is 4.79 Å². The maximum absolute atomic E-state index is 14.0. The van der Waals surface area contributed by atoms with E-state index in [4.69, 9.17) is 5.73 Å². The summed E-state index contributed by atoms with van der Waals surface area (Å²) in [4.78, 5) is 70.5. The van der Waals surface area contributed by atoms with Crippen LogP contribution in [0.1, 0.15) is 90.5 Å². The number of likely N-dealkylation sites (tertiary alicyclic amines) is 1. The highest BCUT2D eigenvalue weighted by Crippen LogP contribution is 2.34. The summed E-state index contributed by atoms with van der Waals surface area (Å²) < 4.78 is 0. The fourth-order valence-electron chi connectivity index (χ4n) is 6.35. The van der Waals surface area contributed by atoms with Crippen LogP contribution in [0.3, 0.4) is 0 Å². The van der Waals surface area contributed by atoms with Gasteiger partial charge in [-0.3, -0.25) is 24.2 Å². The Morgan fingerprint density at radius 3 is 2.26 bits per heavy atom. The lowest BCUT2D eigenvalue weighted by atomic mass is 9.77. The maximum Gasteiger partial charge on any atom is 0.315 e. The molecule has 1 aromatic rings. The maximum atomic E-state index is 14.0. The van der Waals surface area contributed by atoms with Crippen LogP contribution >= 0.6 is 0 Å². The molecule has 4 rings (SSSR count). The van der Waals surface area contributed by atoms with Crippen LogP contribution in [0.5, 0.6) is 0 Å². The number of nitrogens with one attached hydrogen (secondary N) is 3. The zero-order chi connectivity index (χ0) is 30.5. The van der Waals surface area contributed by atoms with Crippen molar-refractivity contribution >= 4 is 29.5 Å². The van der Waals surface area contributed by atoms with Gasteiger partial charge in [0, 0.05) is 24.5 Å². The van der Waals surface area contributed by atoms with Gasteiger partial charge in [0.2, 0.25) is 17.6 Å². The molecule has 2 heterocycles. The lowest BCUT2D eigenvalue weighted by molar-refractivity contribution is -0.143. The minimum absolute atomic E-state index is 0.277. The average Bonchev–Trinajstić information content (AvgIpc) is 3.61. The number of nitrogens with zero attached hydrogens (tertiary/aromatic N) is 2. The first-order chi connectivity index (χ1) is 19.9. The second kappa shape index (κ2) is 13.2. The third-order valence-corrected chi connectivity index (χ3v) is 8.85. The van der Waals surface area contributed by atoms with Gasteiger partial charge in [0.05, 0.1) is 6.04 Å². The fourth-order valence-corrected chi connectivity index (χ4v) is 6.35. The Morgan fingerprint density at radius 2 is 1.67 bits per heavy atom. The molecule has 3 unspecified atom stereocenters. The van der Waals surface area contributed by atoms with Crippen LogP contribution in [0.15, 0.2) is 24.5 Å². The molecule has 3 fully saturated rings. The molecule has 11 heteroatoms. The van der Waals surface area contributed by atoms with Crippen LogP contribution in [-0.2, 0) is 25.6 Å². The highest BCUT2D eigenvalue weighted by atomic mass is 16.2. The van der Waals surface area contributed by atoms with Gasteiger partial charge in [0.1, 0.15) is 12.1 Å². The molecule has 0 aromatic carbocycles. The third-order valence-electron chi connectivity index (χ3n) is 8.85. The van der Waals surface area contributed by atoms with Gasteiger partial charge >= 0.3 is 6.03 Å². The van der Waals surface area contributed by atoms with E-state index >= 15 is 0 Å². The SMILES string of the molecule is CC(C)(C)C(NC(=O)NC1(Cc2ccncc2)CCCCC1)C(=O)N1CCCC1C(=O)NC(CC1CC1)C(=O)C(N)=O. The van der Waals surface area contributed by atoms with Crippen LogP contribution in [0.4, 0.5) is 4.79 Å². The van der Waals surface area contributed by atoms with Crippen molar-refractivity contribution < 1.29 is 24.0 Å². The van der Waals surface area contributed by atoms with Crippen molar-refractivity contribution in [1.82, 2.24) is 25.8 Å². The largest absolute Gasteiger partial charge is 0.363 e. The zero-order valence-corrected chi connectivity index (χ0v) is 25.1. The number of hydrogen-bond donors (Lipinski definition) is 4. The molecule has 5 N–H and O–H groups in total. The van der Waals surface area contributed by atoms with Gasteiger partial charge in [-0.1, -0.05) is 52.9 Å². The Balaban J connectivity index is 1.46. The van der Waals surface area contributed by atoms with E-state index in [1.165, 1.54) is 4.90 Å². The van der Waals surface area contributed by atoms with E-state index < -0.39 is 52.7 Å². The minimum atomic E-state index is -1.08. The number of aromatic nitrogens is 1. The van der Waals surface area contributed by atoms with Crippen LogP contribution < -0.4 is 21.7 Å². The van der Waals surface area contributed by atoms with Crippen molar-refractivity contribution in [2.75, 3.05) is 6.54 Å². The van der Waals surface area contributed by atoms with E-state index in [-0.39, 0.29) is 11.8 Å². The normalized spacial score (nSPS) is 21.6. The number of carbonyl (C=O) groups excluding carboxylic acids is 5. The Bertz CT molecular complexity index is 1160. The van der Waals surface area contributed by atoms with E-state index in [9.17, 15) is 24.0 Å². The smallest absolute Gasteiger partial charge is 0.315 e. The predicted octanol–water partition coefficient (Wildman–Crippen LogP) is 2.37. The Kier molecular flexibility index (Phi) is 9.89. The molecule has 5 amide bonds. The Morgan fingerprint density at radius 1 is 1.00 bits per heavy atom. The fraction of sp³-hybridized carbons (Fsp3) is 0.677. The van der Waals surface area contributed by atoms with Gasteiger partial charge in [0.25, 0.3) is 5.91 Å². The molecule has 1 aromatic heterocycles. The van der Waals surface area contributed by atoms with Gasteiger partial charge in [-0.05, 0) is 67.6 Å². The summed E-state index contributed by atoms with van der Waals surface area (Å²) in [7, 11) is 0. The van der Waals surface area contributed by atoms with Crippen molar-refractivity contribution in [1.29, 1.82) is 0 Å². The Labute approximate surface area is 248 Å². The molecule has 0 radical (unpaired) electrons. The second-order valence-corrected chi connectivity index (χ2v) is 13.4. The molecule has 1 aliphatic heterocycles. The molecule has 2 aliphatic carbocycles. The summed E-state index contributed by atoms with van der Waals surface area (Å²) >= 11 is 0. The predicted molar refractivity (Wildman–Crippen MR) is 157 cm³/mol. The standard InChI is InChI=1S/C31H46N6O5/c1-30(2,3)25(35-29(42)36-31(13-5-4-6-14-31)19-21-11-15-33-16-12-21)28(41)37-17-7-8-23(37)27(40)34-22(18-20-9-10-20)24(38)26(32)39/h11-12,15-16,20,22-23,25H,4-10,13-14,17-19H2,1-3H3,(H2,32,39)(H,34,40)(H2,35,36,42). The molecule has 230 valence electrons. The number of rotatable bonds is 11. The molecule has 3 aliphatic rings. The van der Waals surface area contributed by atoms with Crippen LogP contribution in [0.2, 0.25) is 0 Å². The van der Waals surface area contributed by atoms with Gasteiger partial charge in [0.15, 0.2) is 0 Å². The minimum Gasteiger partial charge on any atom is -0.363 e. The zero-order valence-electron chi connectivity index (χ0n) is 25.1. The second-order valence-electron chi connectivity index (χ2n) is 13.4. The molecule has 0 bridgehead atoms. The highest BCUT2D eigenvalue weighted by Gasteiger charge is 2.44. The van der Waals surface area contributed by atoms with E-state index in [2.05, 4.69) is 20.9 Å².